The fourth-order valence-corrected chi connectivity index (χ4v) is 1.55. The first-order valence-corrected chi connectivity index (χ1v) is 8.36. The van der Waals surface area contributed by atoms with Crippen LogP contribution in [0.5, 0.6) is 0 Å². The Kier molecular flexibility index (Phi) is 15.1. The molecule has 1 aromatic rings. The van der Waals surface area contributed by atoms with Gasteiger partial charge in [0.15, 0.2) is 6.29 Å². The van der Waals surface area contributed by atoms with Gasteiger partial charge in [0, 0.05) is 17.3 Å². The molecule has 0 spiro atoms. The summed E-state index contributed by atoms with van der Waals surface area (Å²) < 4.78 is 0. The summed E-state index contributed by atoms with van der Waals surface area (Å²) in [7, 11) is 0. The first kappa shape index (κ1) is 25.3. The highest BCUT2D eigenvalue weighted by atomic mass is 16.4. The number of aryl methyl sites for hydroxylation is 1. The van der Waals surface area contributed by atoms with Crippen LogP contribution in [0.2, 0.25) is 0 Å². The van der Waals surface area contributed by atoms with Crippen molar-refractivity contribution in [2.75, 3.05) is 0 Å². The Morgan fingerprint density at radius 2 is 1.88 bits per heavy atom. The fourth-order valence-electron chi connectivity index (χ4n) is 1.55. The molecule has 0 aliphatic heterocycles. The minimum atomic E-state index is -0.910. The van der Waals surface area contributed by atoms with Crippen molar-refractivity contribution >= 4 is 18.2 Å². The third kappa shape index (κ3) is 11.6. The van der Waals surface area contributed by atoms with Crippen molar-refractivity contribution < 1.29 is 19.5 Å². The third-order valence-electron chi connectivity index (χ3n) is 2.89. The van der Waals surface area contributed by atoms with Crippen LogP contribution in [0.3, 0.4) is 0 Å². The SMILES string of the molecule is C/C=C(\C)NC(=O)c1cc(C)ccc1C=O.C=CCC=CC(=O)O.CC. The molecule has 0 atom stereocenters. The average molecular weight is 359 g/mol. The van der Waals surface area contributed by atoms with Crippen LogP contribution in [0, 0.1) is 6.92 Å². The van der Waals surface area contributed by atoms with Crippen molar-refractivity contribution in [1.29, 1.82) is 0 Å². The first-order chi connectivity index (χ1) is 12.3. The van der Waals surface area contributed by atoms with E-state index in [-0.39, 0.29) is 5.91 Å². The molecule has 0 bridgehead atoms. The molecule has 0 radical (unpaired) electrons. The van der Waals surface area contributed by atoms with Crippen molar-refractivity contribution in [3.63, 3.8) is 0 Å². The van der Waals surface area contributed by atoms with E-state index in [1.165, 1.54) is 6.08 Å². The standard InChI is InChI=1S/C13H15NO2.C6H8O2.C2H6/c1-4-10(3)14-13(16)12-7-9(2)5-6-11(12)8-15;1-2-3-4-5-6(7)8;1-2/h4-8H,1-3H3,(H,14,16);2,4-5H,1,3H2,(H,7,8);1-2H3/b10-4+;;. The molecule has 2 N–H and O–H groups in total. The lowest BCUT2D eigenvalue weighted by atomic mass is 10.0. The highest BCUT2D eigenvalue weighted by Gasteiger charge is 2.10. The molecule has 1 amide bonds. The van der Waals surface area contributed by atoms with E-state index in [0.29, 0.717) is 23.8 Å². The predicted molar refractivity (Wildman–Crippen MR) is 106 cm³/mol. The Balaban J connectivity index is 0. The number of carbonyl (C=O) groups is 3. The molecule has 142 valence electrons. The van der Waals surface area contributed by atoms with Gasteiger partial charge < -0.3 is 10.4 Å². The number of allylic oxidation sites excluding steroid dienone is 4. The van der Waals surface area contributed by atoms with Crippen LogP contribution >= 0.6 is 0 Å². The highest BCUT2D eigenvalue weighted by molar-refractivity contribution is 6.02. The molecule has 0 fully saturated rings. The molecular weight excluding hydrogens is 330 g/mol. The van der Waals surface area contributed by atoms with Crippen molar-refractivity contribution in [2.45, 2.75) is 41.0 Å². The van der Waals surface area contributed by atoms with Crippen molar-refractivity contribution in [1.82, 2.24) is 5.32 Å². The average Bonchev–Trinajstić information content (AvgIpc) is 2.63. The summed E-state index contributed by atoms with van der Waals surface area (Å²) in [6.07, 6.45) is 7.39. The van der Waals surface area contributed by atoms with Crippen LogP contribution in [-0.2, 0) is 4.79 Å². The number of carboxylic acids is 1. The van der Waals surface area contributed by atoms with Gasteiger partial charge in [-0.05, 0) is 33.3 Å². The van der Waals surface area contributed by atoms with Crippen molar-refractivity contribution in [3.8, 4) is 0 Å². The monoisotopic (exact) mass is 359 g/mol. The number of amides is 1. The van der Waals surface area contributed by atoms with Gasteiger partial charge in [0.1, 0.15) is 0 Å². The molecular formula is C21H29NO4. The second-order valence-corrected chi connectivity index (χ2v) is 4.90. The van der Waals surface area contributed by atoms with Gasteiger partial charge in [-0.25, -0.2) is 4.79 Å². The van der Waals surface area contributed by atoms with Crippen LogP contribution in [-0.4, -0.2) is 23.3 Å². The zero-order valence-electron chi connectivity index (χ0n) is 16.2. The van der Waals surface area contributed by atoms with E-state index in [1.807, 2.05) is 33.8 Å². The van der Waals surface area contributed by atoms with Gasteiger partial charge in [0.25, 0.3) is 5.91 Å². The topological polar surface area (TPSA) is 83.5 Å². The Morgan fingerprint density at radius 1 is 1.27 bits per heavy atom. The van der Waals surface area contributed by atoms with E-state index < -0.39 is 5.97 Å². The van der Waals surface area contributed by atoms with E-state index in [0.717, 1.165) is 17.3 Å². The molecule has 26 heavy (non-hydrogen) atoms. The van der Waals surface area contributed by atoms with Crippen molar-refractivity contribution in [2.24, 2.45) is 0 Å². The third-order valence-corrected chi connectivity index (χ3v) is 2.89. The molecule has 1 rings (SSSR count). The molecule has 0 saturated heterocycles. The molecule has 1 aromatic carbocycles. The van der Waals surface area contributed by atoms with E-state index in [4.69, 9.17) is 5.11 Å². The molecule has 0 heterocycles. The van der Waals surface area contributed by atoms with Gasteiger partial charge in [0.2, 0.25) is 0 Å². The molecule has 0 unspecified atom stereocenters. The number of hydrogen-bond donors (Lipinski definition) is 2. The van der Waals surface area contributed by atoms with Gasteiger partial charge in [-0.15, -0.1) is 6.58 Å². The molecule has 5 nitrogen and oxygen atoms in total. The number of aldehydes is 1. The first-order valence-electron chi connectivity index (χ1n) is 8.36. The van der Waals surface area contributed by atoms with Crippen LogP contribution in [0.25, 0.3) is 0 Å². The van der Waals surface area contributed by atoms with Crippen LogP contribution in [0.1, 0.15) is 60.4 Å². The van der Waals surface area contributed by atoms with Gasteiger partial charge in [0.05, 0.1) is 5.56 Å². The predicted octanol–water partition coefficient (Wildman–Crippen LogP) is 4.69. The maximum atomic E-state index is 11.8. The van der Waals surface area contributed by atoms with Crippen LogP contribution in [0.4, 0.5) is 0 Å². The van der Waals surface area contributed by atoms with E-state index >= 15 is 0 Å². The van der Waals surface area contributed by atoms with E-state index in [1.54, 1.807) is 31.2 Å². The lowest BCUT2D eigenvalue weighted by molar-refractivity contribution is -0.131. The summed E-state index contributed by atoms with van der Waals surface area (Å²) in [4.78, 5) is 32.4. The lowest BCUT2D eigenvalue weighted by Crippen LogP contribution is -2.22. The Hall–Kier alpha value is -2.95. The fraction of sp³-hybridized carbons (Fsp3) is 0.286. The van der Waals surface area contributed by atoms with E-state index in [2.05, 4.69) is 11.9 Å². The van der Waals surface area contributed by atoms with Crippen LogP contribution in [0.15, 0.2) is 54.8 Å². The number of aliphatic carboxylic acids is 1. The molecule has 0 aliphatic rings. The number of hydrogen-bond acceptors (Lipinski definition) is 3. The smallest absolute Gasteiger partial charge is 0.327 e. The molecule has 0 aromatic heterocycles. The number of rotatable bonds is 6. The zero-order valence-corrected chi connectivity index (χ0v) is 16.2. The van der Waals surface area contributed by atoms with Gasteiger partial charge in [-0.1, -0.05) is 49.8 Å². The summed E-state index contributed by atoms with van der Waals surface area (Å²) in [6, 6.07) is 5.17. The quantitative estimate of drug-likeness (QED) is 0.438. The van der Waals surface area contributed by atoms with E-state index in [9.17, 15) is 14.4 Å². The normalized spacial score (nSPS) is 9.96. The molecule has 0 aliphatic carbocycles. The molecule has 0 saturated carbocycles. The maximum absolute atomic E-state index is 11.8. The van der Waals surface area contributed by atoms with Gasteiger partial charge in [-0.2, -0.15) is 0 Å². The highest BCUT2D eigenvalue weighted by Crippen LogP contribution is 2.10. The summed E-state index contributed by atoms with van der Waals surface area (Å²) in [6.45, 7) is 12.9. The minimum absolute atomic E-state index is 0.249. The van der Waals surface area contributed by atoms with Crippen molar-refractivity contribution in [3.05, 3.63) is 71.5 Å². The minimum Gasteiger partial charge on any atom is -0.478 e. The van der Waals surface area contributed by atoms with Crippen LogP contribution < -0.4 is 5.32 Å². The maximum Gasteiger partial charge on any atom is 0.327 e. The number of carboxylic acid groups (broad SMARTS) is 1. The summed E-state index contributed by atoms with van der Waals surface area (Å²) in [5.74, 6) is -1.16. The van der Waals surface area contributed by atoms with Gasteiger partial charge >= 0.3 is 5.97 Å². The second-order valence-electron chi connectivity index (χ2n) is 4.90. The second kappa shape index (κ2) is 15.6. The van der Waals surface area contributed by atoms with Gasteiger partial charge in [-0.3, -0.25) is 9.59 Å². The number of nitrogens with one attached hydrogen (secondary N) is 1. The summed E-state index contributed by atoms with van der Waals surface area (Å²) >= 11 is 0. The Labute approximate surface area is 156 Å². The summed E-state index contributed by atoms with van der Waals surface area (Å²) in [5.41, 5.74) is 2.54. The lowest BCUT2D eigenvalue weighted by Gasteiger charge is -2.07. The summed E-state index contributed by atoms with van der Waals surface area (Å²) in [5, 5.41) is 10.7. The molecule has 5 heteroatoms. The Bertz CT molecular complexity index is 658. The number of carbonyl (C=O) groups excluding carboxylic acids is 2. The largest absolute Gasteiger partial charge is 0.478 e. The number of benzene rings is 1. The Morgan fingerprint density at radius 3 is 2.35 bits per heavy atom. The zero-order chi connectivity index (χ0) is 20.5.